The van der Waals surface area contributed by atoms with Crippen LogP contribution in [0.3, 0.4) is 0 Å². The molecular weight excluding hydrogens is 566 g/mol. The van der Waals surface area contributed by atoms with Crippen LogP contribution in [0.5, 0.6) is 5.75 Å². The normalized spacial score (nSPS) is 21.4. The minimum absolute atomic E-state index is 0.0493. The first-order valence-electron chi connectivity index (χ1n) is 13.4. The summed E-state index contributed by atoms with van der Waals surface area (Å²) in [5, 5.41) is 3.46. The molecule has 4 atom stereocenters. The van der Waals surface area contributed by atoms with E-state index in [0.717, 1.165) is 5.56 Å². The number of likely N-dealkylation sites (N-methyl/N-ethyl adjacent to an activating group) is 1. The van der Waals surface area contributed by atoms with Crippen LogP contribution >= 0.6 is 11.6 Å². The molecule has 41 heavy (non-hydrogen) atoms. The number of nitrogens with zero attached hydrogens (tertiary/aromatic N) is 1. The highest BCUT2D eigenvalue weighted by atomic mass is 35.5. The van der Waals surface area contributed by atoms with E-state index in [0.29, 0.717) is 23.6 Å². The van der Waals surface area contributed by atoms with E-state index in [9.17, 15) is 18.0 Å². The van der Waals surface area contributed by atoms with Crippen molar-refractivity contribution in [1.82, 2.24) is 10.2 Å². The van der Waals surface area contributed by atoms with Crippen molar-refractivity contribution in [2.75, 3.05) is 18.4 Å². The highest BCUT2D eigenvalue weighted by Gasteiger charge is 2.39. The van der Waals surface area contributed by atoms with Crippen molar-refractivity contribution in [3.63, 3.8) is 0 Å². The molecule has 5 rings (SSSR count). The fourth-order valence-electron chi connectivity index (χ4n) is 5.25. The Balaban J connectivity index is 1.25. The number of fused-ring (bicyclic) bond motifs is 2. The summed E-state index contributed by atoms with van der Waals surface area (Å²) < 4.78 is 40.5. The van der Waals surface area contributed by atoms with Crippen LogP contribution in [0.25, 0.3) is 0 Å². The lowest BCUT2D eigenvalue weighted by Gasteiger charge is -2.42. The first-order valence-corrected chi connectivity index (χ1v) is 15.3. The van der Waals surface area contributed by atoms with Crippen LogP contribution in [-0.2, 0) is 19.6 Å². The van der Waals surface area contributed by atoms with Gasteiger partial charge in [0.2, 0.25) is 5.91 Å². The Morgan fingerprint density at radius 1 is 1.07 bits per heavy atom. The Kier molecular flexibility index (Phi) is 8.53. The molecule has 1 fully saturated rings. The first kappa shape index (κ1) is 28.9. The summed E-state index contributed by atoms with van der Waals surface area (Å²) in [7, 11) is -2.18. The molecule has 11 heteroatoms. The van der Waals surface area contributed by atoms with Gasteiger partial charge in [0, 0.05) is 17.8 Å². The van der Waals surface area contributed by atoms with Gasteiger partial charge in [0.05, 0.1) is 35.1 Å². The van der Waals surface area contributed by atoms with E-state index < -0.39 is 16.1 Å². The minimum atomic E-state index is -3.89. The van der Waals surface area contributed by atoms with Gasteiger partial charge in [0.25, 0.3) is 15.9 Å². The minimum Gasteiger partial charge on any atom is -0.490 e. The van der Waals surface area contributed by atoms with E-state index in [1.165, 1.54) is 30.3 Å². The highest BCUT2D eigenvalue weighted by molar-refractivity contribution is 7.92. The van der Waals surface area contributed by atoms with Crippen LogP contribution in [0.4, 0.5) is 5.69 Å². The van der Waals surface area contributed by atoms with Gasteiger partial charge in [-0.3, -0.25) is 14.3 Å². The van der Waals surface area contributed by atoms with Crippen molar-refractivity contribution in [3.8, 4) is 5.75 Å². The van der Waals surface area contributed by atoms with E-state index in [4.69, 9.17) is 21.1 Å². The number of sulfonamides is 1. The first-order chi connectivity index (χ1) is 19.6. The number of amides is 2. The number of halogens is 1. The van der Waals surface area contributed by atoms with Crippen molar-refractivity contribution in [1.29, 1.82) is 0 Å². The number of benzene rings is 3. The Morgan fingerprint density at radius 2 is 1.80 bits per heavy atom. The van der Waals surface area contributed by atoms with E-state index in [1.54, 1.807) is 24.1 Å². The van der Waals surface area contributed by atoms with Gasteiger partial charge >= 0.3 is 0 Å². The summed E-state index contributed by atoms with van der Waals surface area (Å²) in [5.74, 6) is -0.0754. The molecule has 2 amide bonds. The standard InChI is InChI=1S/C30H32ClN3O6S/c1-19(20-6-4-3-5-7-20)32-29(35)17-23-11-14-26-28(40-23)18-39-27-15-10-22(16-25(27)30(36)34(26)2)33-41(37,38)24-12-8-21(31)9-13-24/h3-10,12-13,15-16,19,23,26,28,33H,11,14,17-18H2,1-2H3,(H,32,35)/t19-,23+,26+,28-/m1/s1. The third-order valence-electron chi connectivity index (χ3n) is 7.48. The number of nitrogens with one attached hydrogen (secondary N) is 2. The summed E-state index contributed by atoms with van der Waals surface area (Å²) in [6, 6.07) is 19.8. The quantitative estimate of drug-likeness (QED) is 0.405. The third kappa shape index (κ3) is 6.66. The van der Waals surface area contributed by atoms with Gasteiger partial charge in [-0.1, -0.05) is 41.9 Å². The molecule has 0 radical (unpaired) electrons. The smallest absolute Gasteiger partial charge is 0.261 e. The van der Waals surface area contributed by atoms with Gasteiger partial charge in [-0.05, 0) is 67.8 Å². The largest absolute Gasteiger partial charge is 0.490 e. The molecule has 3 aromatic carbocycles. The van der Waals surface area contributed by atoms with Crippen LogP contribution in [0.15, 0.2) is 77.7 Å². The lowest BCUT2D eigenvalue weighted by molar-refractivity contribution is -0.134. The summed E-state index contributed by atoms with van der Waals surface area (Å²) in [4.78, 5) is 27.9. The predicted octanol–water partition coefficient (Wildman–Crippen LogP) is 4.79. The molecule has 0 bridgehead atoms. The second-order valence-corrected chi connectivity index (χ2v) is 12.5. The zero-order valence-electron chi connectivity index (χ0n) is 22.7. The lowest BCUT2D eigenvalue weighted by atomic mass is 9.94. The van der Waals surface area contributed by atoms with Crippen molar-refractivity contribution in [2.45, 2.75) is 55.4 Å². The molecule has 2 N–H and O–H groups in total. The van der Waals surface area contributed by atoms with Gasteiger partial charge in [0.1, 0.15) is 18.5 Å². The zero-order valence-corrected chi connectivity index (χ0v) is 24.3. The third-order valence-corrected chi connectivity index (χ3v) is 9.13. The van der Waals surface area contributed by atoms with Crippen molar-refractivity contribution >= 4 is 39.1 Å². The van der Waals surface area contributed by atoms with E-state index in [1.807, 2.05) is 37.3 Å². The fraction of sp³-hybridized carbons (Fsp3) is 0.333. The van der Waals surface area contributed by atoms with Gasteiger partial charge in [-0.2, -0.15) is 0 Å². The SMILES string of the molecule is C[C@@H](NC(=O)C[C@@H]1CC[C@H]2[C@@H](COc3ccc(NS(=O)(=O)c4ccc(Cl)cc4)cc3C(=O)N2C)O1)c1ccccc1. The van der Waals surface area contributed by atoms with Crippen molar-refractivity contribution in [3.05, 3.63) is 88.9 Å². The molecule has 9 nitrogen and oxygen atoms in total. The molecule has 3 aromatic rings. The number of hydrogen-bond donors (Lipinski definition) is 2. The molecule has 0 aromatic heterocycles. The maximum Gasteiger partial charge on any atom is 0.261 e. The molecule has 2 aliphatic rings. The molecule has 0 unspecified atom stereocenters. The molecule has 0 spiro atoms. The number of hydrogen-bond acceptors (Lipinski definition) is 6. The maximum absolute atomic E-state index is 13.5. The zero-order chi connectivity index (χ0) is 29.1. The monoisotopic (exact) mass is 597 g/mol. The topological polar surface area (TPSA) is 114 Å². The van der Waals surface area contributed by atoms with Gasteiger partial charge in [-0.25, -0.2) is 8.42 Å². The molecule has 2 heterocycles. The number of carbonyl (C=O) groups excluding carboxylic acids is 2. The van der Waals surface area contributed by atoms with Crippen LogP contribution in [0.2, 0.25) is 5.02 Å². The molecule has 216 valence electrons. The van der Waals surface area contributed by atoms with E-state index in [2.05, 4.69) is 10.0 Å². The second kappa shape index (κ2) is 12.1. The van der Waals surface area contributed by atoms with E-state index in [-0.39, 0.29) is 59.2 Å². The van der Waals surface area contributed by atoms with Crippen LogP contribution in [-0.4, -0.2) is 57.0 Å². The Labute approximate surface area is 244 Å². The molecule has 0 saturated carbocycles. The summed E-state index contributed by atoms with van der Waals surface area (Å²) in [6.45, 7) is 2.13. The predicted molar refractivity (Wildman–Crippen MR) is 156 cm³/mol. The Hall–Kier alpha value is -3.60. The van der Waals surface area contributed by atoms with Gasteiger partial charge < -0.3 is 19.7 Å². The van der Waals surface area contributed by atoms with Crippen molar-refractivity contribution in [2.24, 2.45) is 0 Å². The van der Waals surface area contributed by atoms with Crippen molar-refractivity contribution < 1.29 is 27.5 Å². The number of rotatable bonds is 7. The van der Waals surface area contributed by atoms with Gasteiger partial charge in [-0.15, -0.1) is 0 Å². The summed E-state index contributed by atoms with van der Waals surface area (Å²) >= 11 is 5.88. The Morgan fingerprint density at radius 3 is 2.54 bits per heavy atom. The average Bonchev–Trinajstić information content (AvgIpc) is 2.95. The number of anilines is 1. The average molecular weight is 598 g/mol. The van der Waals surface area contributed by atoms with E-state index >= 15 is 0 Å². The van der Waals surface area contributed by atoms with Crippen LogP contribution in [0, 0.1) is 0 Å². The lowest BCUT2D eigenvalue weighted by Crippen LogP contribution is -2.54. The number of carbonyl (C=O) groups is 2. The maximum atomic E-state index is 13.5. The second-order valence-electron chi connectivity index (χ2n) is 10.3. The molecule has 2 aliphatic heterocycles. The fourth-order valence-corrected chi connectivity index (χ4v) is 6.43. The summed E-state index contributed by atoms with van der Waals surface area (Å²) in [5.41, 5.74) is 1.51. The van der Waals surface area contributed by atoms with Crippen LogP contribution < -0.4 is 14.8 Å². The Bertz CT molecular complexity index is 1520. The molecule has 0 aliphatic carbocycles. The van der Waals surface area contributed by atoms with Gasteiger partial charge in [0.15, 0.2) is 0 Å². The molecular formula is C30H32ClN3O6S. The number of ether oxygens (including phenoxy) is 2. The summed E-state index contributed by atoms with van der Waals surface area (Å²) in [6.07, 6.45) is 0.750. The van der Waals surface area contributed by atoms with Crippen LogP contribution in [0.1, 0.15) is 48.1 Å². The molecule has 1 saturated heterocycles. The highest BCUT2D eigenvalue weighted by Crippen LogP contribution is 2.33.